The highest BCUT2D eigenvalue weighted by molar-refractivity contribution is 5.75. The number of rotatable bonds is 6. The third kappa shape index (κ3) is 4.63. The van der Waals surface area contributed by atoms with Gasteiger partial charge in [-0.25, -0.2) is 18.9 Å². The van der Waals surface area contributed by atoms with E-state index >= 15 is 0 Å². The molecule has 4 aromatic rings. The van der Waals surface area contributed by atoms with Crippen molar-refractivity contribution < 1.29 is 4.79 Å². The van der Waals surface area contributed by atoms with Gasteiger partial charge < -0.3 is 10.6 Å². The van der Waals surface area contributed by atoms with Crippen LogP contribution in [0.15, 0.2) is 59.4 Å². The second-order valence-electron chi connectivity index (χ2n) is 7.61. The van der Waals surface area contributed by atoms with E-state index in [2.05, 4.69) is 20.7 Å². The highest BCUT2D eigenvalue weighted by Crippen LogP contribution is 2.16. The molecule has 0 fully saturated rings. The van der Waals surface area contributed by atoms with Crippen molar-refractivity contribution in [2.24, 2.45) is 0 Å². The molecule has 8 nitrogen and oxygen atoms in total. The number of anilines is 2. The molecule has 1 amide bonds. The number of aromatic nitrogens is 4. The van der Waals surface area contributed by atoms with Crippen LogP contribution in [0.1, 0.15) is 22.4 Å². The van der Waals surface area contributed by atoms with E-state index in [4.69, 9.17) is 0 Å². The highest BCUT2D eigenvalue weighted by atomic mass is 16.2. The summed E-state index contributed by atoms with van der Waals surface area (Å²) in [5.41, 5.74) is 4.76. The van der Waals surface area contributed by atoms with Crippen LogP contribution in [0.2, 0.25) is 0 Å². The van der Waals surface area contributed by atoms with Crippen molar-refractivity contribution in [2.75, 3.05) is 5.32 Å². The van der Waals surface area contributed by atoms with E-state index in [9.17, 15) is 9.59 Å². The van der Waals surface area contributed by atoms with Gasteiger partial charge in [-0.2, -0.15) is 0 Å². The van der Waals surface area contributed by atoms with Crippen LogP contribution in [0.3, 0.4) is 0 Å². The molecule has 2 N–H and O–H groups in total. The number of hydrogen-bond acceptors (Lipinski definition) is 5. The van der Waals surface area contributed by atoms with Crippen molar-refractivity contribution in [3.8, 4) is 0 Å². The summed E-state index contributed by atoms with van der Waals surface area (Å²) in [6, 6.07) is 17.4. The fraction of sp³-hybridized carbons (Fsp3) is 0.217. The summed E-state index contributed by atoms with van der Waals surface area (Å²) < 4.78 is 2.53. The normalized spacial score (nSPS) is 10.9. The van der Waals surface area contributed by atoms with Crippen LogP contribution in [0, 0.1) is 20.8 Å². The Bertz CT molecular complexity index is 1300. The van der Waals surface area contributed by atoms with Crippen molar-refractivity contribution in [3.05, 3.63) is 87.5 Å². The molecule has 8 heteroatoms. The summed E-state index contributed by atoms with van der Waals surface area (Å²) in [6.45, 7) is 6.05. The summed E-state index contributed by atoms with van der Waals surface area (Å²) in [5, 5.41) is 10.3. The Hall–Kier alpha value is -3.94. The fourth-order valence-corrected chi connectivity index (χ4v) is 3.29. The van der Waals surface area contributed by atoms with Crippen LogP contribution in [0.5, 0.6) is 0 Å². The molecule has 0 spiro atoms. The first-order chi connectivity index (χ1) is 14.9. The number of aryl methyl sites for hydroxylation is 3. The fourth-order valence-electron chi connectivity index (χ4n) is 3.29. The lowest BCUT2D eigenvalue weighted by atomic mass is 10.1. The lowest BCUT2D eigenvalue weighted by Gasteiger charge is -2.08. The number of fused-ring (bicyclic) bond motifs is 1. The van der Waals surface area contributed by atoms with Crippen LogP contribution >= 0.6 is 0 Å². The van der Waals surface area contributed by atoms with Crippen molar-refractivity contribution in [1.29, 1.82) is 0 Å². The van der Waals surface area contributed by atoms with Crippen molar-refractivity contribution >= 4 is 23.2 Å². The topological polar surface area (TPSA) is 93.3 Å². The lowest BCUT2D eigenvalue weighted by Crippen LogP contribution is -2.32. The summed E-state index contributed by atoms with van der Waals surface area (Å²) in [7, 11) is 0. The molecular weight excluding hydrogens is 392 g/mol. The molecule has 0 saturated carbocycles. The van der Waals surface area contributed by atoms with Gasteiger partial charge in [0, 0.05) is 24.0 Å². The van der Waals surface area contributed by atoms with Crippen LogP contribution in [-0.4, -0.2) is 25.1 Å². The van der Waals surface area contributed by atoms with Crippen molar-refractivity contribution in [3.63, 3.8) is 0 Å². The SMILES string of the molecule is Cc1ccc(CNC(=O)Cn2nc3cc(C)nc(Nc4cccc(C)c4)n3c2=O)cc1. The summed E-state index contributed by atoms with van der Waals surface area (Å²) in [4.78, 5) is 29.8. The molecule has 0 aliphatic carbocycles. The van der Waals surface area contributed by atoms with Crippen molar-refractivity contribution in [2.45, 2.75) is 33.9 Å². The van der Waals surface area contributed by atoms with E-state index in [-0.39, 0.29) is 12.5 Å². The van der Waals surface area contributed by atoms with Gasteiger partial charge in [-0.1, -0.05) is 42.0 Å². The van der Waals surface area contributed by atoms with Gasteiger partial charge in [-0.15, -0.1) is 5.10 Å². The third-order valence-corrected chi connectivity index (χ3v) is 4.87. The van der Waals surface area contributed by atoms with Gasteiger partial charge in [0.1, 0.15) is 6.54 Å². The average Bonchev–Trinajstić information content (AvgIpc) is 3.02. The van der Waals surface area contributed by atoms with Crippen molar-refractivity contribution in [1.82, 2.24) is 24.5 Å². The Labute approximate surface area is 179 Å². The van der Waals surface area contributed by atoms with Crippen LogP contribution < -0.4 is 16.3 Å². The van der Waals surface area contributed by atoms with E-state index in [1.165, 1.54) is 4.40 Å². The van der Waals surface area contributed by atoms with E-state index < -0.39 is 5.69 Å². The van der Waals surface area contributed by atoms with Gasteiger partial charge in [0.25, 0.3) is 0 Å². The molecule has 0 saturated heterocycles. The highest BCUT2D eigenvalue weighted by Gasteiger charge is 2.15. The quantitative estimate of drug-likeness (QED) is 0.504. The molecule has 0 atom stereocenters. The maximum Gasteiger partial charge on any atom is 0.353 e. The molecule has 2 aromatic carbocycles. The lowest BCUT2D eigenvalue weighted by molar-refractivity contribution is -0.122. The zero-order valence-corrected chi connectivity index (χ0v) is 17.7. The average molecular weight is 416 g/mol. The molecule has 0 aliphatic heterocycles. The number of amides is 1. The molecule has 0 aliphatic rings. The summed E-state index contributed by atoms with van der Waals surface area (Å²) in [5.74, 6) is 0.0702. The van der Waals surface area contributed by atoms with Crippen LogP contribution in [0.4, 0.5) is 11.6 Å². The third-order valence-electron chi connectivity index (χ3n) is 4.87. The minimum Gasteiger partial charge on any atom is -0.350 e. The number of carbonyl (C=O) groups is 1. The van der Waals surface area contributed by atoms with E-state index in [1.807, 2.05) is 69.3 Å². The Kier molecular flexibility index (Phi) is 5.53. The Morgan fingerprint density at radius 2 is 1.77 bits per heavy atom. The number of nitrogens with one attached hydrogen (secondary N) is 2. The predicted octanol–water partition coefficient (Wildman–Crippen LogP) is 2.88. The van der Waals surface area contributed by atoms with Gasteiger partial charge in [0.2, 0.25) is 11.9 Å². The minimum absolute atomic E-state index is 0.171. The maximum absolute atomic E-state index is 13.0. The van der Waals surface area contributed by atoms with E-state index in [0.29, 0.717) is 23.8 Å². The molecular formula is C23H24N6O2. The second kappa shape index (κ2) is 8.43. The molecule has 31 heavy (non-hydrogen) atoms. The van der Waals surface area contributed by atoms with E-state index in [0.717, 1.165) is 27.1 Å². The first kappa shape index (κ1) is 20.3. The molecule has 0 bridgehead atoms. The number of hydrogen-bond donors (Lipinski definition) is 2. The number of benzene rings is 2. The molecule has 2 aromatic heterocycles. The first-order valence-corrected chi connectivity index (χ1v) is 10.0. The van der Waals surface area contributed by atoms with Gasteiger partial charge in [-0.05, 0) is 44.0 Å². The molecule has 0 radical (unpaired) electrons. The molecule has 0 unspecified atom stereocenters. The molecule has 158 valence electrons. The summed E-state index contributed by atoms with van der Waals surface area (Å²) >= 11 is 0. The van der Waals surface area contributed by atoms with E-state index in [1.54, 1.807) is 6.07 Å². The smallest absolute Gasteiger partial charge is 0.350 e. The van der Waals surface area contributed by atoms with Gasteiger partial charge in [0.15, 0.2) is 5.65 Å². The standard InChI is InChI=1S/C23H24N6O2/c1-15-7-9-18(10-8-15)13-24-21(30)14-28-23(31)29-20(27-28)12-17(3)25-22(29)26-19-6-4-5-16(2)11-19/h4-12H,13-14H2,1-3H3,(H,24,30)(H,25,26). The van der Waals surface area contributed by atoms with Gasteiger partial charge in [0.05, 0.1) is 0 Å². The Morgan fingerprint density at radius 3 is 2.52 bits per heavy atom. The summed E-state index contributed by atoms with van der Waals surface area (Å²) in [6.07, 6.45) is 0. The van der Waals surface area contributed by atoms with Crippen LogP contribution in [0.25, 0.3) is 5.65 Å². The predicted molar refractivity (Wildman–Crippen MR) is 119 cm³/mol. The maximum atomic E-state index is 13.0. The largest absolute Gasteiger partial charge is 0.353 e. The zero-order valence-electron chi connectivity index (χ0n) is 17.7. The first-order valence-electron chi connectivity index (χ1n) is 10.0. The Morgan fingerprint density at radius 1 is 1.00 bits per heavy atom. The minimum atomic E-state index is -0.428. The van der Waals surface area contributed by atoms with Gasteiger partial charge >= 0.3 is 5.69 Å². The van der Waals surface area contributed by atoms with Gasteiger partial charge in [-0.3, -0.25) is 4.79 Å². The number of nitrogens with zero attached hydrogens (tertiary/aromatic N) is 4. The Balaban J connectivity index is 1.56. The number of carbonyl (C=O) groups excluding carboxylic acids is 1. The zero-order chi connectivity index (χ0) is 22.0. The van der Waals surface area contributed by atoms with Crippen LogP contribution in [-0.2, 0) is 17.9 Å². The second-order valence-corrected chi connectivity index (χ2v) is 7.61. The molecule has 4 rings (SSSR count). The monoisotopic (exact) mass is 416 g/mol. The molecule has 2 heterocycles.